The maximum Gasteiger partial charge on any atom is 0.408 e. The third-order valence-electron chi connectivity index (χ3n) is 5.48. The van der Waals surface area contributed by atoms with Gasteiger partial charge in [-0.05, 0) is 42.3 Å². The van der Waals surface area contributed by atoms with Gasteiger partial charge < -0.3 is 23.9 Å². The molecule has 0 radical (unpaired) electrons. The molecule has 180 valence electrons. The lowest BCUT2D eigenvalue weighted by molar-refractivity contribution is -0.136. The van der Waals surface area contributed by atoms with Gasteiger partial charge in [-0.2, -0.15) is 0 Å². The summed E-state index contributed by atoms with van der Waals surface area (Å²) >= 11 is 0. The topological polar surface area (TPSA) is 104 Å². The van der Waals surface area contributed by atoms with E-state index >= 15 is 0 Å². The second-order valence-electron chi connectivity index (χ2n) is 7.93. The van der Waals surface area contributed by atoms with Gasteiger partial charge in [-0.25, -0.2) is 14.4 Å². The monoisotopic (exact) mass is 475 g/mol. The van der Waals surface area contributed by atoms with Crippen LogP contribution in [-0.2, 0) is 16.1 Å². The Bertz CT molecular complexity index is 1410. The highest BCUT2D eigenvalue weighted by atomic mass is 16.6. The van der Waals surface area contributed by atoms with Crippen molar-refractivity contribution in [3.05, 3.63) is 82.7 Å². The van der Waals surface area contributed by atoms with E-state index in [1.165, 1.54) is 13.2 Å². The largest absolute Gasteiger partial charge is 0.497 e. The van der Waals surface area contributed by atoms with Gasteiger partial charge in [-0.3, -0.25) is 0 Å². The zero-order valence-electron chi connectivity index (χ0n) is 19.4. The SMILES string of the molecule is CCC[C@H](NC(=O)OCc1ccccc1)C(=O)Oc1ccc2c(c1)oc(=O)c1cc(OC)ccc12. The van der Waals surface area contributed by atoms with Gasteiger partial charge in [0.25, 0.3) is 0 Å². The van der Waals surface area contributed by atoms with Crippen molar-refractivity contribution in [2.24, 2.45) is 0 Å². The number of alkyl carbamates (subject to hydrolysis) is 1. The van der Waals surface area contributed by atoms with Crippen LogP contribution in [0.1, 0.15) is 25.3 Å². The highest BCUT2D eigenvalue weighted by molar-refractivity contribution is 6.05. The average Bonchev–Trinajstić information content (AvgIpc) is 2.87. The summed E-state index contributed by atoms with van der Waals surface area (Å²) < 4.78 is 21.3. The molecule has 1 amide bonds. The second-order valence-corrected chi connectivity index (χ2v) is 7.93. The van der Waals surface area contributed by atoms with Crippen LogP contribution in [-0.4, -0.2) is 25.2 Å². The van der Waals surface area contributed by atoms with Crippen molar-refractivity contribution in [1.82, 2.24) is 5.32 Å². The molecule has 0 aliphatic carbocycles. The normalized spacial score (nSPS) is 11.7. The predicted molar refractivity (Wildman–Crippen MR) is 131 cm³/mol. The minimum atomic E-state index is -0.893. The molecule has 1 aromatic heterocycles. The molecule has 0 aliphatic heterocycles. The lowest BCUT2D eigenvalue weighted by Crippen LogP contribution is -2.43. The second kappa shape index (κ2) is 10.7. The number of ether oxygens (including phenoxy) is 3. The Morgan fingerprint density at radius 3 is 2.43 bits per heavy atom. The van der Waals surface area contributed by atoms with E-state index in [2.05, 4.69) is 5.32 Å². The van der Waals surface area contributed by atoms with Crippen LogP contribution in [0.4, 0.5) is 4.79 Å². The summed E-state index contributed by atoms with van der Waals surface area (Å²) in [6, 6.07) is 18.3. The Morgan fingerprint density at radius 1 is 0.943 bits per heavy atom. The standard InChI is InChI=1S/C27H25NO7/c1-3-7-23(28-27(31)33-16-17-8-5-4-6-9-17)26(30)34-19-11-13-21-20-12-10-18(32-2)14-22(20)25(29)35-24(21)15-19/h4-6,8-15,23H,3,7,16H2,1-2H3,(H,28,31)/t23-/m0/s1. The van der Waals surface area contributed by atoms with Gasteiger partial charge >= 0.3 is 17.7 Å². The molecular formula is C27H25NO7. The minimum Gasteiger partial charge on any atom is -0.497 e. The fourth-order valence-corrected chi connectivity index (χ4v) is 3.71. The quantitative estimate of drug-likeness (QED) is 0.166. The molecular weight excluding hydrogens is 450 g/mol. The van der Waals surface area contributed by atoms with Crippen LogP contribution in [0.2, 0.25) is 0 Å². The van der Waals surface area contributed by atoms with Crippen molar-refractivity contribution in [2.75, 3.05) is 7.11 Å². The van der Waals surface area contributed by atoms with Crippen LogP contribution in [0, 0.1) is 0 Å². The van der Waals surface area contributed by atoms with Gasteiger partial charge in [-0.15, -0.1) is 0 Å². The molecule has 3 aromatic carbocycles. The number of rotatable bonds is 8. The lowest BCUT2D eigenvalue weighted by Gasteiger charge is -2.17. The summed E-state index contributed by atoms with van der Waals surface area (Å²) in [7, 11) is 1.52. The molecule has 0 unspecified atom stereocenters. The van der Waals surface area contributed by atoms with E-state index in [0.717, 1.165) is 5.56 Å². The average molecular weight is 475 g/mol. The molecule has 0 saturated carbocycles. The zero-order valence-corrected chi connectivity index (χ0v) is 19.4. The molecule has 4 rings (SSSR count). The van der Waals surface area contributed by atoms with Crippen LogP contribution in [0.15, 0.2) is 75.9 Å². The van der Waals surface area contributed by atoms with Crippen molar-refractivity contribution >= 4 is 33.8 Å². The first-order valence-corrected chi connectivity index (χ1v) is 11.2. The number of fused-ring (bicyclic) bond motifs is 3. The molecule has 8 heteroatoms. The Morgan fingerprint density at radius 2 is 1.69 bits per heavy atom. The molecule has 1 heterocycles. The maximum absolute atomic E-state index is 12.8. The van der Waals surface area contributed by atoms with Crippen LogP contribution in [0.25, 0.3) is 21.7 Å². The summed E-state index contributed by atoms with van der Waals surface area (Å²) in [5, 5.41) is 4.35. The summed E-state index contributed by atoms with van der Waals surface area (Å²) in [6.45, 7) is 1.98. The molecule has 0 aliphatic rings. The first-order chi connectivity index (χ1) is 17.0. The van der Waals surface area contributed by atoms with Crippen molar-refractivity contribution in [1.29, 1.82) is 0 Å². The number of methoxy groups -OCH3 is 1. The number of hydrogen-bond acceptors (Lipinski definition) is 7. The van der Waals surface area contributed by atoms with Gasteiger partial charge in [0.2, 0.25) is 0 Å². The van der Waals surface area contributed by atoms with E-state index in [-0.39, 0.29) is 17.9 Å². The van der Waals surface area contributed by atoms with Gasteiger partial charge in [-0.1, -0.05) is 43.7 Å². The Kier molecular flexibility index (Phi) is 7.30. The predicted octanol–water partition coefficient (Wildman–Crippen LogP) is 4.96. The highest BCUT2D eigenvalue weighted by Crippen LogP contribution is 2.28. The van der Waals surface area contributed by atoms with E-state index in [9.17, 15) is 14.4 Å². The molecule has 0 fully saturated rings. The Balaban J connectivity index is 1.48. The van der Waals surface area contributed by atoms with E-state index < -0.39 is 23.7 Å². The van der Waals surface area contributed by atoms with E-state index in [1.807, 2.05) is 37.3 Å². The number of benzene rings is 3. The molecule has 35 heavy (non-hydrogen) atoms. The molecule has 0 saturated heterocycles. The smallest absolute Gasteiger partial charge is 0.408 e. The van der Waals surface area contributed by atoms with Crippen LogP contribution in [0.3, 0.4) is 0 Å². The number of carbonyl (C=O) groups is 2. The van der Waals surface area contributed by atoms with Crippen molar-refractivity contribution < 1.29 is 28.2 Å². The third kappa shape index (κ3) is 5.60. The van der Waals surface area contributed by atoms with Crippen molar-refractivity contribution in [2.45, 2.75) is 32.4 Å². The summed E-state index contributed by atoms with van der Waals surface area (Å²) in [4.78, 5) is 37.5. The van der Waals surface area contributed by atoms with Crippen LogP contribution < -0.4 is 20.4 Å². The number of amides is 1. The fraction of sp³-hybridized carbons (Fsp3) is 0.222. The minimum absolute atomic E-state index is 0.0874. The van der Waals surface area contributed by atoms with E-state index in [4.69, 9.17) is 18.6 Å². The van der Waals surface area contributed by atoms with Crippen molar-refractivity contribution in [3.63, 3.8) is 0 Å². The van der Waals surface area contributed by atoms with Crippen LogP contribution >= 0.6 is 0 Å². The number of carbonyl (C=O) groups excluding carboxylic acids is 2. The van der Waals surface area contributed by atoms with Crippen LogP contribution in [0.5, 0.6) is 11.5 Å². The third-order valence-corrected chi connectivity index (χ3v) is 5.48. The summed E-state index contributed by atoms with van der Waals surface area (Å²) in [5.74, 6) is 0.0984. The first kappa shape index (κ1) is 23.8. The molecule has 8 nitrogen and oxygen atoms in total. The molecule has 1 atom stereocenters. The number of nitrogens with one attached hydrogen (secondary N) is 1. The summed E-state index contributed by atoms with van der Waals surface area (Å²) in [6.07, 6.45) is 0.297. The Hall–Kier alpha value is -4.33. The van der Waals surface area contributed by atoms with E-state index in [1.54, 1.807) is 30.3 Å². The molecule has 0 bridgehead atoms. The van der Waals surface area contributed by atoms with Gasteiger partial charge in [0.15, 0.2) is 0 Å². The Labute approximate surface area is 201 Å². The fourth-order valence-electron chi connectivity index (χ4n) is 3.71. The van der Waals surface area contributed by atoms with E-state index in [0.29, 0.717) is 34.7 Å². The molecule has 1 N–H and O–H groups in total. The molecule has 4 aromatic rings. The summed E-state index contributed by atoms with van der Waals surface area (Å²) in [5.41, 5.74) is 0.586. The molecule has 0 spiro atoms. The number of hydrogen-bond donors (Lipinski definition) is 1. The maximum atomic E-state index is 12.8. The first-order valence-electron chi connectivity index (χ1n) is 11.2. The zero-order chi connectivity index (χ0) is 24.8. The van der Waals surface area contributed by atoms with Gasteiger partial charge in [0, 0.05) is 16.8 Å². The van der Waals surface area contributed by atoms with Gasteiger partial charge in [0.05, 0.1) is 12.5 Å². The van der Waals surface area contributed by atoms with Crippen molar-refractivity contribution in [3.8, 4) is 11.5 Å². The lowest BCUT2D eigenvalue weighted by atomic mass is 10.1. The highest BCUT2D eigenvalue weighted by Gasteiger charge is 2.23. The number of esters is 1. The van der Waals surface area contributed by atoms with Gasteiger partial charge in [0.1, 0.15) is 29.7 Å².